The molecule has 0 aliphatic carbocycles. The number of nitrogens with zero attached hydrogens (tertiary/aromatic N) is 1. The van der Waals surface area contributed by atoms with Crippen LogP contribution < -0.4 is 5.32 Å². The van der Waals surface area contributed by atoms with E-state index in [1.807, 2.05) is 18.3 Å². The molecule has 2 heterocycles. The first-order valence-electron chi connectivity index (χ1n) is 6.87. The highest BCUT2D eigenvalue weighted by Gasteiger charge is 2.05. The van der Waals surface area contributed by atoms with Gasteiger partial charge in [0, 0.05) is 28.3 Å². The molecule has 0 amide bonds. The van der Waals surface area contributed by atoms with Crippen LogP contribution in [0.25, 0.3) is 10.9 Å². The molecule has 4 heteroatoms. The minimum absolute atomic E-state index is 0.765. The van der Waals surface area contributed by atoms with Gasteiger partial charge < -0.3 is 10.1 Å². The van der Waals surface area contributed by atoms with E-state index in [2.05, 4.69) is 44.4 Å². The number of fused-ring (bicyclic) bond motifs is 1. The first kappa shape index (κ1) is 13.6. The van der Waals surface area contributed by atoms with E-state index >= 15 is 0 Å². The van der Waals surface area contributed by atoms with Crippen molar-refractivity contribution in [2.45, 2.75) is 12.8 Å². The van der Waals surface area contributed by atoms with Crippen LogP contribution in [0.5, 0.6) is 0 Å². The molecule has 0 saturated heterocycles. The van der Waals surface area contributed by atoms with E-state index < -0.39 is 0 Å². The van der Waals surface area contributed by atoms with Crippen molar-refractivity contribution in [3.05, 3.63) is 46.6 Å². The molecule has 0 radical (unpaired) electrons. The van der Waals surface area contributed by atoms with Crippen LogP contribution in [0.3, 0.4) is 0 Å². The molecular weight excluding hydrogens is 316 g/mol. The standard InChI is InChI=1S/C16H17BrN2O/c17-13-1-2-14-15(4-8-19-16(14)11-13)18-7-3-12-5-9-20-10-6-12/h1-2,4-5,8,11H,3,6-7,9-10H2,(H,18,19). The van der Waals surface area contributed by atoms with Crippen molar-refractivity contribution >= 4 is 32.5 Å². The molecule has 0 spiro atoms. The van der Waals surface area contributed by atoms with Crippen molar-refractivity contribution in [3.8, 4) is 0 Å². The van der Waals surface area contributed by atoms with Gasteiger partial charge in [0.15, 0.2) is 0 Å². The Kier molecular flexibility index (Phi) is 4.33. The van der Waals surface area contributed by atoms with Crippen LogP contribution in [-0.2, 0) is 4.74 Å². The summed E-state index contributed by atoms with van der Waals surface area (Å²) in [5.74, 6) is 0. The van der Waals surface area contributed by atoms with Crippen LogP contribution in [0, 0.1) is 0 Å². The van der Waals surface area contributed by atoms with E-state index in [-0.39, 0.29) is 0 Å². The molecule has 1 aliphatic rings. The zero-order valence-electron chi connectivity index (χ0n) is 11.2. The Bertz CT molecular complexity index is 639. The summed E-state index contributed by atoms with van der Waals surface area (Å²) in [7, 11) is 0. The summed E-state index contributed by atoms with van der Waals surface area (Å²) in [5.41, 5.74) is 3.65. The Hall–Kier alpha value is -1.39. The molecule has 1 aliphatic heterocycles. The van der Waals surface area contributed by atoms with E-state index in [0.717, 1.165) is 53.7 Å². The van der Waals surface area contributed by atoms with E-state index in [1.54, 1.807) is 0 Å². The lowest BCUT2D eigenvalue weighted by Gasteiger charge is -2.14. The minimum atomic E-state index is 0.765. The van der Waals surface area contributed by atoms with Gasteiger partial charge in [0.1, 0.15) is 0 Å². The molecule has 0 saturated carbocycles. The third-order valence-electron chi connectivity index (χ3n) is 3.52. The van der Waals surface area contributed by atoms with Gasteiger partial charge in [0.05, 0.1) is 18.7 Å². The Morgan fingerprint density at radius 2 is 2.25 bits per heavy atom. The number of anilines is 1. The van der Waals surface area contributed by atoms with Gasteiger partial charge in [-0.25, -0.2) is 0 Å². The number of benzene rings is 1. The molecule has 3 nitrogen and oxygen atoms in total. The lowest BCUT2D eigenvalue weighted by atomic mass is 10.1. The number of hydrogen-bond donors (Lipinski definition) is 1. The zero-order valence-corrected chi connectivity index (χ0v) is 12.8. The summed E-state index contributed by atoms with van der Waals surface area (Å²) in [6, 6.07) is 8.23. The van der Waals surface area contributed by atoms with Gasteiger partial charge in [-0.1, -0.05) is 27.6 Å². The Morgan fingerprint density at radius 1 is 1.30 bits per heavy atom. The number of halogens is 1. The average Bonchev–Trinajstić information content (AvgIpc) is 2.48. The summed E-state index contributed by atoms with van der Waals surface area (Å²) in [6.45, 7) is 2.57. The van der Waals surface area contributed by atoms with Crippen LogP contribution >= 0.6 is 15.9 Å². The molecule has 2 aromatic rings. The molecule has 0 fully saturated rings. The quantitative estimate of drug-likeness (QED) is 0.854. The SMILES string of the molecule is Brc1ccc2c(NCCC3=CCOCC3)ccnc2c1. The highest BCUT2D eigenvalue weighted by atomic mass is 79.9. The molecular formula is C16H17BrN2O. The summed E-state index contributed by atoms with van der Waals surface area (Å²) in [4.78, 5) is 4.40. The first-order chi connectivity index (χ1) is 9.83. The van der Waals surface area contributed by atoms with E-state index in [4.69, 9.17) is 4.74 Å². The molecule has 104 valence electrons. The van der Waals surface area contributed by atoms with Crippen molar-refractivity contribution in [2.24, 2.45) is 0 Å². The predicted molar refractivity (Wildman–Crippen MR) is 86.1 cm³/mol. The van der Waals surface area contributed by atoms with Gasteiger partial charge in [0.2, 0.25) is 0 Å². The Labute approximate surface area is 127 Å². The maximum Gasteiger partial charge on any atom is 0.0733 e. The largest absolute Gasteiger partial charge is 0.384 e. The van der Waals surface area contributed by atoms with Crippen molar-refractivity contribution in [1.29, 1.82) is 0 Å². The second-order valence-electron chi connectivity index (χ2n) is 4.88. The maximum absolute atomic E-state index is 5.32. The third-order valence-corrected chi connectivity index (χ3v) is 4.02. The first-order valence-corrected chi connectivity index (χ1v) is 7.66. The second-order valence-corrected chi connectivity index (χ2v) is 5.80. The summed E-state index contributed by atoms with van der Waals surface area (Å²) in [6.07, 6.45) is 6.19. The van der Waals surface area contributed by atoms with Crippen molar-refractivity contribution in [3.63, 3.8) is 0 Å². The van der Waals surface area contributed by atoms with Crippen LogP contribution in [0.1, 0.15) is 12.8 Å². The summed E-state index contributed by atoms with van der Waals surface area (Å²) in [5, 5.41) is 4.68. The highest BCUT2D eigenvalue weighted by molar-refractivity contribution is 9.10. The van der Waals surface area contributed by atoms with Gasteiger partial charge in [-0.15, -0.1) is 0 Å². The molecule has 3 rings (SSSR count). The fourth-order valence-corrected chi connectivity index (χ4v) is 2.77. The summed E-state index contributed by atoms with van der Waals surface area (Å²) >= 11 is 3.48. The average molecular weight is 333 g/mol. The molecule has 0 bridgehead atoms. The monoisotopic (exact) mass is 332 g/mol. The van der Waals surface area contributed by atoms with Gasteiger partial charge in [-0.2, -0.15) is 0 Å². The van der Waals surface area contributed by atoms with Gasteiger partial charge in [-0.3, -0.25) is 4.98 Å². The predicted octanol–water partition coefficient (Wildman–Crippen LogP) is 4.15. The number of rotatable bonds is 4. The van der Waals surface area contributed by atoms with Crippen molar-refractivity contribution < 1.29 is 4.74 Å². The van der Waals surface area contributed by atoms with Crippen molar-refractivity contribution in [1.82, 2.24) is 4.98 Å². The van der Waals surface area contributed by atoms with Crippen LogP contribution in [0.15, 0.2) is 46.6 Å². The lowest BCUT2D eigenvalue weighted by Crippen LogP contribution is -2.09. The molecule has 20 heavy (non-hydrogen) atoms. The Balaban J connectivity index is 1.69. The smallest absolute Gasteiger partial charge is 0.0733 e. The number of pyridine rings is 1. The van der Waals surface area contributed by atoms with E-state index in [9.17, 15) is 0 Å². The molecule has 0 unspecified atom stereocenters. The molecule has 1 N–H and O–H groups in total. The fourth-order valence-electron chi connectivity index (χ4n) is 2.43. The normalized spacial score (nSPS) is 15.2. The molecule has 1 aromatic heterocycles. The molecule has 0 atom stereocenters. The highest BCUT2D eigenvalue weighted by Crippen LogP contribution is 2.24. The minimum Gasteiger partial charge on any atom is -0.384 e. The van der Waals surface area contributed by atoms with Crippen LogP contribution in [-0.4, -0.2) is 24.7 Å². The van der Waals surface area contributed by atoms with Gasteiger partial charge in [-0.05, 0) is 37.1 Å². The van der Waals surface area contributed by atoms with Gasteiger partial charge >= 0.3 is 0 Å². The zero-order chi connectivity index (χ0) is 13.8. The van der Waals surface area contributed by atoms with Crippen molar-refractivity contribution in [2.75, 3.05) is 25.1 Å². The molecule has 1 aromatic carbocycles. The fraction of sp³-hybridized carbons (Fsp3) is 0.312. The topological polar surface area (TPSA) is 34.1 Å². The third kappa shape index (κ3) is 3.19. The summed E-state index contributed by atoms with van der Waals surface area (Å²) < 4.78 is 6.38. The number of ether oxygens (including phenoxy) is 1. The Morgan fingerprint density at radius 3 is 3.10 bits per heavy atom. The number of hydrogen-bond acceptors (Lipinski definition) is 3. The van der Waals surface area contributed by atoms with Crippen LogP contribution in [0.2, 0.25) is 0 Å². The maximum atomic E-state index is 5.32. The van der Waals surface area contributed by atoms with E-state index in [1.165, 1.54) is 5.57 Å². The van der Waals surface area contributed by atoms with E-state index in [0.29, 0.717) is 0 Å². The lowest BCUT2D eigenvalue weighted by molar-refractivity contribution is 0.153. The second kappa shape index (κ2) is 6.37. The number of nitrogens with one attached hydrogen (secondary N) is 1. The van der Waals surface area contributed by atoms with Gasteiger partial charge in [0.25, 0.3) is 0 Å². The van der Waals surface area contributed by atoms with Crippen LogP contribution in [0.4, 0.5) is 5.69 Å². The number of aromatic nitrogens is 1.